The first-order valence-corrected chi connectivity index (χ1v) is 7.88. The van der Waals surface area contributed by atoms with Crippen LogP contribution in [-0.4, -0.2) is 41.6 Å². The predicted molar refractivity (Wildman–Crippen MR) is 90.0 cm³/mol. The Labute approximate surface area is 147 Å². The molecule has 0 aliphatic carbocycles. The van der Waals surface area contributed by atoms with E-state index >= 15 is 0 Å². The lowest BCUT2D eigenvalue weighted by Gasteiger charge is -2.35. The third kappa shape index (κ3) is 3.85. The van der Waals surface area contributed by atoms with E-state index in [0.717, 1.165) is 12.1 Å². The molecule has 26 heavy (non-hydrogen) atoms. The maximum absolute atomic E-state index is 12.7. The number of benzene rings is 1. The summed E-state index contributed by atoms with van der Waals surface area (Å²) >= 11 is 0. The Bertz CT molecular complexity index is 780. The molecule has 138 valence electrons. The van der Waals surface area contributed by atoms with E-state index in [0.29, 0.717) is 37.0 Å². The van der Waals surface area contributed by atoms with Crippen molar-refractivity contribution in [3.63, 3.8) is 0 Å². The van der Waals surface area contributed by atoms with Crippen molar-refractivity contribution in [3.05, 3.63) is 42.2 Å². The molecule has 1 saturated heterocycles. The van der Waals surface area contributed by atoms with Gasteiger partial charge in [0.2, 0.25) is 5.91 Å². The number of amides is 1. The van der Waals surface area contributed by atoms with E-state index in [-0.39, 0.29) is 0 Å². The molecule has 0 saturated carbocycles. The number of alkyl halides is 3. The van der Waals surface area contributed by atoms with E-state index in [9.17, 15) is 18.0 Å². The molecular weight excluding hydrogens is 349 g/mol. The van der Waals surface area contributed by atoms with Gasteiger partial charge >= 0.3 is 6.18 Å². The fraction of sp³-hybridized carbons (Fsp3) is 0.312. The first-order valence-electron chi connectivity index (χ1n) is 7.88. The fourth-order valence-corrected chi connectivity index (χ4v) is 2.72. The lowest BCUT2D eigenvalue weighted by Crippen LogP contribution is -2.57. The first kappa shape index (κ1) is 17.9. The molecule has 2 aromatic rings. The van der Waals surface area contributed by atoms with Crippen LogP contribution in [0, 0.1) is 0 Å². The third-order valence-corrected chi connectivity index (χ3v) is 4.00. The summed E-state index contributed by atoms with van der Waals surface area (Å²) in [5.41, 5.74) is 5.14. The summed E-state index contributed by atoms with van der Waals surface area (Å²) in [7, 11) is 0. The van der Waals surface area contributed by atoms with Crippen LogP contribution < -0.4 is 21.3 Å². The van der Waals surface area contributed by atoms with Crippen LogP contribution in [0.1, 0.15) is 5.56 Å². The van der Waals surface area contributed by atoms with Gasteiger partial charge in [-0.15, -0.1) is 0 Å². The number of halogens is 3. The highest BCUT2D eigenvalue weighted by Gasteiger charge is 2.31. The number of primary amides is 1. The molecule has 2 heterocycles. The van der Waals surface area contributed by atoms with Gasteiger partial charge in [0, 0.05) is 37.7 Å². The average molecular weight is 366 g/mol. The second-order valence-corrected chi connectivity index (χ2v) is 5.74. The van der Waals surface area contributed by atoms with Gasteiger partial charge in [0.05, 0.1) is 5.56 Å². The van der Waals surface area contributed by atoms with Crippen molar-refractivity contribution in [2.75, 3.05) is 29.9 Å². The Balaban J connectivity index is 1.86. The normalized spacial score (nSPS) is 17.8. The van der Waals surface area contributed by atoms with Gasteiger partial charge < -0.3 is 21.3 Å². The largest absolute Gasteiger partial charge is 0.416 e. The van der Waals surface area contributed by atoms with Gasteiger partial charge in [-0.2, -0.15) is 13.2 Å². The molecule has 10 heteroatoms. The zero-order chi connectivity index (χ0) is 18.7. The molecule has 1 amide bonds. The van der Waals surface area contributed by atoms with Gasteiger partial charge in [0.25, 0.3) is 0 Å². The van der Waals surface area contributed by atoms with Crippen LogP contribution in [0.3, 0.4) is 0 Å². The molecule has 0 unspecified atom stereocenters. The Morgan fingerprint density at radius 3 is 2.58 bits per heavy atom. The molecule has 1 aliphatic rings. The van der Waals surface area contributed by atoms with E-state index in [2.05, 4.69) is 20.6 Å². The van der Waals surface area contributed by atoms with Crippen molar-refractivity contribution < 1.29 is 18.0 Å². The number of hydrogen-bond acceptors (Lipinski definition) is 6. The number of anilines is 3. The van der Waals surface area contributed by atoms with Crippen molar-refractivity contribution in [1.29, 1.82) is 0 Å². The monoisotopic (exact) mass is 366 g/mol. The molecule has 1 aromatic carbocycles. The number of aromatic nitrogens is 2. The summed E-state index contributed by atoms with van der Waals surface area (Å²) < 4.78 is 38.0. The molecule has 0 spiro atoms. The maximum atomic E-state index is 12.7. The van der Waals surface area contributed by atoms with E-state index in [4.69, 9.17) is 5.73 Å². The highest BCUT2D eigenvalue weighted by molar-refractivity contribution is 5.85. The Kier molecular flexibility index (Phi) is 4.94. The summed E-state index contributed by atoms with van der Waals surface area (Å²) in [6.07, 6.45) is -1.46. The molecule has 1 fully saturated rings. The fourth-order valence-electron chi connectivity index (χ4n) is 2.72. The van der Waals surface area contributed by atoms with Crippen LogP contribution in [0.4, 0.5) is 30.5 Å². The van der Waals surface area contributed by atoms with E-state index in [1.807, 2.05) is 0 Å². The molecular formula is C16H17F3N6O. The van der Waals surface area contributed by atoms with E-state index in [1.165, 1.54) is 24.5 Å². The number of rotatable bonds is 4. The maximum Gasteiger partial charge on any atom is 0.416 e. The number of carbonyl (C=O) groups is 1. The minimum Gasteiger partial charge on any atom is -0.368 e. The van der Waals surface area contributed by atoms with Crippen LogP contribution >= 0.6 is 0 Å². The zero-order valence-corrected chi connectivity index (χ0v) is 13.6. The van der Waals surface area contributed by atoms with Crippen LogP contribution in [0.5, 0.6) is 0 Å². The van der Waals surface area contributed by atoms with Gasteiger partial charge in [-0.25, -0.2) is 9.97 Å². The number of nitrogens with one attached hydrogen (secondary N) is 2. The lowest BCUT2D eigenvalue weighted by molar-refractivity contribution is -0.137. The quantitative estimate of drug-likeness (QED) is 0.759. The smallest absolute Gasteiger partial charge is 0.368 e. The number of nitrogens with two attached hydrogens (primary N) is 1. The van der Waals surface area contributed by atoms with Crippen LogP contribution in [0.2, 0.25) is 0 Å². The summed E-state index contributed by atoms with van der Waals surface area (Å²) in [5, 5.41) is 6.04. The second kappa shape index (κ2) is 7.16. The topological polar surface area (TPSA) is 96.2 Å². The lowest BCUT2D eigenvalue weighted by atomic mass is 10.1. The third-order valence-electron chi connectivity index (χ3n) is 4.00. The molecule has 1 aromatic heterocycles. The second-order valence-electron chi connectivity index (χ2n) is 5.74. The average Bonchev–Trinajstić information content (AvgIpc) is 2.62. The highest BCUT2D eigenvalue weighted by Crippen LogP contribution is 2.31. The molecule has 7 nitrogen and oxygen atoms in total. The minimum absolute atomic E-state index is 0.334. The number of hydrogen-bond donors (Lipinski definition) is 3. The van der Waals surface area contributed by atoms with Crippen molar-refractivity contribution in [2.45, 2.75) is 12.2 Å². The molecule has 1 aliphatic heterocycles. The van der Waals surface area contributed by atoms with Crippen molar-refractivity contribution >= 4 is 23.2 Å². The SMILES string of the molecule is NC(=O)[C@H]1CNCCN1c1nccnc1Nc1ccc(C(F)(F)F)cc1. The zero-order valence-electron chi connectivity index (χ0n) is 13.6. The molecule has 4 N–H and O–H groups in total. The number of piperazine rings is 1. The van der Waals surface area contributed by atoms with E-state index < -0.39 is 23.7 Å². The summed E-state index contributed by atoms with van der Waals surface area (Å²) in [6.45, 7) is 1.51. The van der Waals surface area contributed by atoms with Gasteiger partial charge in [0.1, 0.15) is 6.04 Å². The van der Waals surface area contributed by atoms with Gasteiger partial charge in [-0.1, -0.05) is 0 Å². The molecule has 0 radical (unpaired) electrons. The van der Waals surface area contributed by atoms with Crippen molar-refractivity contribution in [2.24, 2.45) is 5.73 Å². The van der Waals surface area contributed by atoms with Gasteiger partial charge in [-0.05, 0) is 24.3 Å². The summed E-state index contributed by atoms with van der Waals surface area (Å²) in [6, 6.07) is 3.99. The Morgan fingerprint density at radius 2 is 1.92 bits per heavy atom. The van der Waals surface area contributed by atoms with Crippen molar-refractivity contribution in [1.82, 2.24) is 15.3 Å². The highest BCUT2D eigenvalue weighted by atomic mass is 19.4. The van der Waals surface area contributed by atoms with Gasteiger partial charge in [-0.3, -0.25) is 4.79 Å². The Hall–Kier alpha value is -2.88. The summed E-state index contributed by atoms with van der Waals surface area (Å²) in [4.78, 5) is 21.9. The standard InChI is InChI=1S/C16H17F3N6O/c17-16(18,19)10-1-3-11(4-2-10)24-14-15(23-6-5-22-14)25-8-7-21-9-12(25)13(20)26/h1-6,12,21H,7-9H2,(H2,20,26)(H,22,24)/t12-/m1/s1. The number of nitrogens with zero attached hydrogens (tertiary/aromatic N) is 3. The van der Waals surface area contributed by atoms with Crippen molar-refractivity contribution in [3.8, 4) is 0 Å². The summed E-state index contributed by atoms with van der Waals surface area (Å²) in [5.74, 6) is 0.251. The molecule has 3 rings (SSSR count). The molecule has 0 bridgehead atoms. The van der Waals surface area contributed by atoms with Gasteiger partial charge in [0.15, 0.2) is 11.6 Å². The first-order chi connectivity index (χ1) is 12.4. The van der Waals surface area contributed by atoms with Crippen LogP contribution in [0.15, 0.2) is 36.7 Å². The van der Waals surface area contributed by atoms with E-state index in [1.54, 1.807) is 4.90 Å². The van der Waals surface area contributed by atoms with Crippen LogP contribution in [-0.2, 0) is 11.0 Å². The molecule has 1 atom stereocenters. The van der Waals surface area contributed by atoms with Crippen LogP contribution in [0.25, 0.3) is 0 Å². The minimum atomic E-state index is -4.40. The predicted octanol–water partition coefficient (Wildman–Crippen LogP) is 1.50. The Morgan fingerprint density at radius 1 is 1.23 bits per heavy atom. The number of carbonyl (C=O) groups excluding carboxylic acids is 1.